The number of rotatable bonds is 3. The first-order chi connectivity index (χ1) is 8.42. The van der Waals surface area contributed by atoms with E-state index in [0.717, 1.165) is 0 Å². The molecule has 2 aromatic rings. The second kappa shape index (κ2) is 5.43. The normalized spacial score (nSPS) is 12.2. The van der Waals surface area contributed by atoms with Crippen molar-refractivity contribution in [1.29, 1.82) is 0 Å². The number of fused-ring (bicyclic) bond motifs is 3. The molecule has 0 saturated carbocycles. The van der Waals surface area contributed by atoms with Gasteiger partial charge in [0.2, 0.25) is 0 Å². The molecular formula is C15H11LiO2. The zero-order valence-corrected chi connectivity index (χ0v) is 10.2. The molecule has 0 unspecified atom stereocenters. The summed E-state index contributed by atoms with van der Waals surface area (Å²) in [6, 6.07) is 16.5. The van der Waals surface area contributed by atoms with Crippen LogP contribution in [-0.4, -0.2) is 13.1 Å². The average molecular weight is 230 g/mol. The molecule has 0 spiro atoms. The Morgan fingerprint density at radius 3 is 1.94 bits per heavy atom. The van der Waals surface area contributed by atoms with E-state index in [9.17, 15) is 4.79 Å². The Bertz CT molecular complexity index is 520. The second-order valence-corrected chi connectivity index (χ2v) is 4.12. The molecule has 3 rings (SSSR count). The molecular weight excluding hydrogens is 219 g/mol. The van der Waals surface area contributed by atoms with Crippen LogP contribution in [0, 0.1) is 0 Å². The number of hydrogen-bond acceptors (Lipinski definition) is 2. The number of ether oxygens (including phenoxy) is 1. The van der Waals surface area contributed by atoms with Gasteiger partial charge in [-0.05, 0) is 22.3 Å². The maximum Gasteiger partial charge on any atom is 1.00 e. The zero-order chi connectivity index (χ0) is 11.7. The van der Waals surface area contributed by atoms with Crippen molar-refractivity contribution < 1.29 is 28.4 Å². The van der Waals surface area contributed by atoms with Gasteiger partial charge in [0, 0.05) is 5.92 Å². The van der Waals surface area contributed by atoms with Gasteiger partial charge >= 0.3 is 18.9 Å². The molecule has 0 bridgehead atoms. The maximum atomic E-state index is 10.2. The summed E-state index contributed by atoms with van der Waals surface area (Å²) in [6.45, 7) is 1.86. The largest absolute Gasteiger partial charge is 1.00 e. The molecule has 0 aromatic heterocycles. The van der Waals surface area contributed by atoms with Crippen molar-refractivity contribution in [2.75, 3.05) is 6.61 Å². The van der Waals surface area contributed by atoms with Crippen LogP contribution in [-0.2, 0) is 9.53 Å². The standard InChI is InChI=1S/C15H11O2.Li/c16-10-17-9-15-13-7-3-1-5-11(13)12-6-2-4-8-14(12)15;/h1-8,15H,9H2;/q-1;+1. The molecule has 0 radical (unpaired) electrons. The van der Waals surface area contributed by atoms with Gasteiger partial charge in [0.1, 0.15) is 0 Å². The van der Waals surface area contributed by atoms with Gasteiger partial charge in [-0.3, -0.25) is 0 Å². The van der Waals surface area contributed by atoms with E-state index in [4.69, 9.17) is 4.74 Å². The van der Waals surface area contributed by atoms with E-state index in [-0.39, 0.29) is 24.8 Å². The molecule has 0 heterocycles. The van der Waals surface area contributed by atoms with Crippen molar-refractivity contribution in [3.8, 4) is 11.1 Å². The van der Waals surface area contributed by atoms with E-state index in [2.05, 4.69) is 24.3 Å². The molecule has 0 saturated heterocycles. The van der Waals surface area contributed by atoms with Crippen LogP contribution in [0.5, 0.6) is 0 Å². The maximum absolute atomic E-state index is 10.2. The number of benzene rings is 2. The summed E-state index contributed by atoms with van der Waals surface area (Å²) in [6.07, 6.45) is 0. The molecule has 1 aliphatic rings. The first kappa shape index (κ1) is 13.0. The molecule has 0 atom stereocenters. The predicted molar refractivity (Wildman–Crippen MR) is 65.4 cm³/mol. The van der Waals surface area contributed by atoms with E-state index in [1.165, 1.54) is 28.7 Å². The molecule has 3 heteroatoms. The number of carbonyl (C=O) groups excluding carboxylic acids is 1. The molecule has 2 nitrogen and oxygen atoms in total. The molecule has 18 heavy (non-hydrogen) atoms. The third-order valence-electron chi connectivity index (χ3n) is 3.27. The SMILES string of the molecule is O=[C-]OCC1c2ccccc2-c2ccccc21.[Li+]. The van der Waals surface area contributed by atoms with Gasteiger partial charge in [0.05, 0.1) is 6.61 Å². The van der Waals surface area contributed by atoms with Gasteiger partial charge in [-0.1, -0.05) is 55.0 Å². The minimum atomic E-state index is 0. The summed E-state index contributed by atoms with van der Waals surface area (Å²) in [5.41, 5.74) is 4.93. The molecule has 0 amide bonds. The van der Waals surface area contributed by atoms with Crippen LogP contribution in [0.25, 0.3) is 11.1 Å². The van der Waals surface area contributed by atoms with Crippen molar-refractivity contribution in [2.45, 2.75) is 5.92 Å². The molecule has 84 valence electrons. The van der Waals surface area contributed by atoms with E-state index in [1.807, 2.05) is 24.3 Å². The van der Waals surface area contributed by atoms with Crippen LogP contribution in [0.2, 0.25) is 0 Å². The fourth-order valence-electron chi connectivity index (χ4n) is 2.56. The fourth-order valence-corrected chi connectivity index (χ4v) is 2.56. The van der Waals surface area contributed by atoms with Crippen molar-refractivity contribution in [1.82, 2.24) is 0 Å². The topological polar surface area (TPSA) is 26.3 Å². The summed E-state index contributed by atoms with van der Waals surface area (Å²) in [7, 11) is 0. The minimum Gasteiger partial charge on any atom is -0.652 e. The Kier molecular flexibility index (Phi) is 3.91. The fraction of sp³-hybridized carbons (Fsp3) is 0.133. The van der Waals surface area contributed by atoms with Crippen molar-refractivity contribution >= 4 is 6.47 Å². The minimum absolute atomic E-state index is 0. The second-order valence-electron chi connectivity index (χ2n) is 4.12. The first-order valence-electron chi connectivity index (χ1n) is 5.59. The third kappa shape index (κ3) is 1.99. The Balaban J connectivity index is 0.00000120. The van der Waals surface area contributed by atoms with Gasteiger partial charge in [-0.2, -0.15) is 0 Å². The van der Waals surface area contributed by atoms with Gasteiger partial charge in [-0.25, -0.2) is 0 Å². The van der Waals surface area contributed by atoms with E-state index in [1.54, 1.807) is 0 Å². The van der Waals surface area contributed by atoms with Crippen molar-refractivity contribution in [3.05, 3.63) is 59.7 Å². The van der Waals surface area contributed by atoms with E-state index >= 15 is 0 Å². The molecule has 1 aliphatic carbocycles. The summed E-state index contributed by atoms with van der Waals surface area (Å²) < 4.78 is 4.83. The zero-order valence-electron chi connectivity index (χ0n) is 10.2. The average Bonchev–Trinajstić information content (AvgIpc) is 2.71. The number of hydrogen-bond donors (Lipinski definition) is 0. The van der Waals surface area contributed by atoms with Crippen LogP contribution in [0.15, 0.2) is 48.5 Å². The first-order valence-corrected chi connectivity index (χ1v) is 5.59. The van der Waals surface area contributed by atoms with Crippen LogP contribution < -0.4 is 18.9 Å². The van der Waals surface area contributed by atoms with Crippen LogP contribution >= 0.6 is 0 Å². The Morgan fingerprint density at radius 2 is 1.44 bits per heavy atom. The Morgan fingerprint density at radius 1 is 0.944 bits per heavy atom. The van der Waals surface area contributed by atoms with E-state index in [0.29, 0.717) is 6.61 Å². The molecule has 2 aromatic carbocycles. The Labute approximate surface area is 118 Å². The van der Waals surface area contributed by atoms with E-state index < -0.39 is 0 Å². The van der Waals surface area contributed by atoms with Crippen molar-refractivity contribution in [2.24, 2.45) is 0 Å². The van der Waals surface area contributed by atoms with Gasteiger partial charge in [-0.15, -0.1) is 0 Å². The van der Waals surface area contributed by atoms with Crippen LogP contribution in [0.4, 0.5) is 0 Å². The summed E-state index contributed by atoms with van der Waals surface area (Å²) in [5.74, 6) is 0.142. The Hall–Kier alpha value is -1.49. The molecule has 0 aliphatic heterocycles. The monoisotopic (exact) mass is 230 g/mol. The third-order valence-corrected chi connectivity index (χ3v) is 3.27. The van der Waals surface area contributed by atoms with Gasteiger partial charge in [0.25, 0.3) is 0 Å². The quantitative estimate of drug-likeness (QED) is 0.543. The molecule has 0 fully saturated rings. The summed E-state index contributed by atoms with van der Waals surface area (Å²) in [5, 5.41) is 0. The molecule has 0 N–H and O–H groups in total. The summed E-state index contributed by atoms with van der Waals surface area (Å²) >= 11 is 0. The van der Waals surface area contributed by atoms with Gasteiger partial charge in [0.15, 0.2) is 0 Å². The predicted octanol–water partition coefficient (Wildman–Crippen LogP) is -0.113. The van der Waals surface area contributed by atoms with Crippen molar-refractivity contribution in [3.63, 3.8) is 0 Å². The van der Waals surface area contributed by atoms with Gasteiger partial charge < -0.3 is 9.53 Å². The van der Waals surface area contributed by atoms with Crippen LogP contribution in [0.3, 0.4) is 0 Å². The van der Waals surface area contributed by atoms with Crippen LogP contribution in [0.1, 0.15) is 17.0 Å². The smallest absolute Gasteiger partial charge is 0.652 e. The summed E-state index contributed by atoms with van der Waals surface area (Å²) in [4.78, 5) is 10.2.